The van der Waals surface area contributed by atoms with Crippen LogP contribution in [0.1, 0.15) is 77.7 Å². The number of aliphatic hydroxyl groups excluding tert-OH is 1. The molecule has 1 aromatic rings. The number of fused-ring (bicyclic) bond motifs is 1. The fourth-order valence-corrected chi connectivity index (χ4v) is 8.78. The molecule has 0 aromatic heterocycles. The van der Waals surface area contributed by atoms with Crippen LogP contribution >= 0.6 is 0 Å². The van der Waals surface area contributed by atoms with Crippen molar-refractivity contribution in [1.29, 1.82) is 0 Å². The molecule has 1 spiro atoms. The zero-order valence-corrected chi connectivity index (χ0v) is 26.8. The third-order valence-corrected chi connectivity index (χ3v) is 10.9. The van der Waals surface area contributed by atoms with E-state index in [1.807, 2.05) is 56.0 Å². The van der Waals surface area contributed by atoms with Crippen LogP contribution in [0.3, 0.4) is 0 Å². The highest BCUT2D eigenvalue weighted by Gasteiger charge is 2.79. The topological polar surface area (TPSA) is 90.4 Å². The minimum absolute atomic E-state index is 0.0680. The summed E-state index contributed by atoms with van der Waals surface area (Å²) < 4.78 is 7.07. The number of hydrogen-bond acceptors (Lipinski definition) is 5. The number of carbonyl (C=O) groups excluding carboxylic acids is 3. The normalized spacial score (nSPS) is 30.3. The van der Waals surface area contributed by atoms with E-state index in [0.29, 0.717) is 38.9 Å². The molecule has 8 nitrogen and oxygen atoms in total. The molecule has 3 aliphatic heterocycles. The average Bonchev–Trinajstić information content (AvgIpc) is 3.64. The molecule has 1 aliphatic carbocycles. The molecule has 2 bridgehead atoms. The van der Waals surface area contributed by atoms with E-state index in [0.717, 1.165) is 37.7 Å². The van der Waals surface area contributed by atoms with Gasteiger partial charge in [-0.25, -0.2) is 0 Å². The average molecular weight is 606 g/mol. The lowest BCUT2D eigenvalue weighted by Gasteiger charge is -2.43. The predicted molar refractivity (Wildman–Crippen MR) is 170 cm³/mol. The Morgan fingerprint density at radius 3 is 2.34 bits per heavy atom. The van der Waals surface area contributed by atoms with Gasteiger partial charge in [0.1, 0.15) is 11.6 Å². The van der Waals surface area contributed by atoms with Gasteiger partial charge in [0.05, 0.1) is 30.1 Å². The second-order valence-corrected chi connectivity index (χ2v) is 13.6. The third kappa shape index (κ3) is 5.32. The molecule has 6 atom stereocenters. The summed E-state index contributed by atoms with van der Waals surface area (Å²) in [6, 6.07) is 8.41. The van der Waals surface area contributed by atoms with Gasteiger partial charge < -0.3 is 24.5 Å². The van der Waals surface area contributed by atoms with Crippen molar-refractivity contribution >= 4 is 17.7 Å². The van der Waals surface area contributed by atoms with E-state index in [4.69, 9.17) is 4.74 Å². The van der Waals surface area contributed by atoms with Crippen LogP contribution in [-0.2, 0) is 25.7 Å². The maximum atomic E-state index is 14.9. The predicted octanol–water partition coefficient (Wildman–Crippen LogP) is 4.72. The summed E-state index contributed by atoms with van der Waals surface area (Å²) >= 11 is 0. The first-order valence-corrected chi connectivity index (χ1v) is 16.7. The number of hydrogen-bond donors (Lipinski definition) is 1. The number of amides is 3. The molecule has 1 saturated carbocycles. The highest BCUT2D eigenvalue weighted by Crippen LogP contribution is 2.65. The molecule has 3 amide bonds. The first kappa shape index (κ1) is 32.4. The zero-order valence-electron chi connectivity index (χ0n) is 26.8. The molecule has 0 radical (unpaired) electrons. The molecular weight excluding hydrogens is 554 g/mol. The molecule has 5 rings (SSSR count). The van der Waals surface area contributed by atoms with E-state index >= 15 is 0 Å². The van der Waals surface area contributed by atoms with Crippen LogP contribution < -0.4 is 0 Å². The molecule has 1 N–H and O–H groups in total. The molecule has 8 heteroatoms. The Kier molecular flexibility index (Phi) is 9.71. The van der Waals surface area contributed by atoms with Crippen molar-refractivity contribution in [2.24, 2.45) is 17.8 Å². The Balaban J connectivity index is 1.59. The van der Waals surface area contributed by atoms with E-state index in [1.54, 1.807) is 22.0 Å². The smallest absolute Gasteiger partial charge is 0.248 e. The van der Waals surface area contributed by atoms with Crippen molar-refractivity contribution in [3.8, 4) is 0 Å². The van der Waals surface area contributed by atoms with Crippen LogP contribution in [0.15, 0.2) is 55.6 Å². The number of aliphatic hydroxyl groups is 1. The summed E-state index contributed by atoms with van der Waals surface area (Å²) in [5.41, 5.74) is -0.973. The molecule has 240 valence electrons. The Morgan fingerprint density at radius 2 is 1.75 bits per heavy atom. The monoisotopic (exact) mass is 605 g/mol. The van der Waals surface area contributed by atoms with Gasteiger partial charge in [0.25, 0.3) is 0 Å². The number of ether oxygens (including phenoxy) is 1. The van der Waals surface area contributed by atoms with Gasteiger partial charge in [-0.3, -0.25) is 14.4 Å². The molecule has 2 unspecified atom stereocenters. The number of rotatable bonds is 13. The van der Waals surface area contributed by atoms with Crippen molar-refractivity contribution in [1.82, 2.24) is 14.7 Å². The summed E-state index contributed by atoms with van der Waals surface area (Å²) in [6.07, 6.45) is 10.3. The first-order valence-electron chi connectivity index (χ1n) is 16.7. The highest BCUT2D eigenvalue weighted by atomic mass is 16.5. The van der Waals surface area contributed by atoms with Gasteiger partial charge in [0, 0.05) is 25.7 Å². The van der Waals surface area contributed by atoms with E-state index in [1.165, 1.54) is 0 Å². The van der Waals surface area contributed by atoms with E-state index in [-0.39, 0.29) is 36.3 Å². The van der Waals surface area contributed by atoms with Gasteiger partial charge >= 0.3 is 0 Å². The van der Waals surface area contributed by atoms with Gasteiger partial charge in [-0.05, 0) is 43.6 Å². The summed E-state index contributed by atoms with van der Waals surface area (Å²) in [5, 5.41) is 10.6. The van der Waals surface area contributed by atoms with Crippen molar-refractivity contribution in [3.63, 3.8) is 0 Å². The van der Waals surface area contributed by atoms with E-state index < -0.39 is 35.1 Å². The Morgan fingerprint density at radius 1 is 1.07 bits per heavy atom. The zero-order chi connectivity index (χ0) is 31.6. The van der Waals surface area contributed by atoms with Crippen LogP contribution in [0.2, 0.25) is 0 Å². The fourth-order valence-electron chi connectivity index (χ4n) is 8.78. The Hall–Kier alpha value is -2.97. The number of benzene rings is 1. The summed E-state index contributed by atoms with van der Waals surface area (Å²) in [5.74, 6) is -2.15. The Bertz CT molecular complexity index is 1230. The first-order chi connectivity index (χ1) is 21.2. The van der Waals surface area contributed by atoms with Crippen LogP contribution in [0.25, 0.3) is 0 Å². The lowest BCUT2D eigenvalue weighted by molar-refractivity contribution is -0.160. The van der Waals surface area contributed by atoms with Crippen LogP contribution in [0.5, 0.6) is 0 Å². The van der Waals surface area contributed by atoms with Gasteiger partial charge in [0.2, 0.25) is 17.7 Å². The van der Waals surface area contributed by atoms with Gasteiger partial charge in [0.15, 0.2) is 0 Å². The molecule has 3 saturated heterocycles. The van der Waals surface area contributed by atoms with Gasteiger partial charge in [-0.15, -0.1) is 13.2 Å². The number of likely N-dealkylation sites (tertiary alicyclic amines) is 1. The van der Waals surface area contributed by atoms with Crippen molar-refractivity contribution in [3.05, 3.63) is 61.2 Å². The summed E-state index contributed by atoms with van der Waals surface area (Å²) in [4.78, 5) is 49.7. The maximum Gasteiger partial charge on any atom is 0.248 e. The summed E-state index contributed by atoms with van der Waals surface area (Å²) in [7, 11) is 0. The standard InChI is InChI=1S/C36H51N3O5/c1-6-21-37(23-26-15-11-9-12-16-26)32(41)29-30-33(42)39(28(24-40)25(4)5)31(36(30)20-19-35(29,8-3)44-36)34(43)38(22-7-2)27-17-13-10-14-18-27/h6-7,9,11-12,15-16,25,27-31,40H,1-2,8,10,13-14,17-24H2,3-5H3/t28-,29-,30-,31?,35+,36?/m0/s1. The molecule has 44 heavy (non-hydrogen) atoms. The largest absolute Gasteiger partial charge is 0.394 e. The maximum absolute atomic E-state index is 14.9. The number of carbonyl (C=O) groups is 3. The minimum Gasteiger partial charge on any atom is -0.394 e. The van der Waals surface area contributed by atoms with Crippen LogP contribution in [0.4, 0.5) is 0 Å². The van der Waals surface area contributed by atoms with Gasteiger partial charge in [-0.2, -0.15) is 0 Å². The molecule has 4 fully saturated rings. The minimum atomic E-state index is -1.13. The van der Waals surface area contributed by atoms with Crippen LogP contribution in [-0.4, -0.2) is 86.6 Å². The van der Waals surface area contributed by atoms with E-state index in [2.05, 4.69) is 13.2 Å². The second-order valence-electron chi connectivity index (χ2n) is 13.6. The molecule has 4 aliphatic rings. The van der Waals surface area contributed by atoms with Crippen molar-refractivity contribution < 1.29 is 24.2 Å². The quantitative estimate of drug-likeness (QED) is 0.329. The molecular formula is C36H51N3O5. The van der Waals surface area contributed by atoms with Crippen LogP contribution in [0, 0.1) is 17.8 Å². The summed E-state index contributed by atoms with van der Waals surface area (Å²) in [6.45, 7) is 14.7. The second kappa shape index (κ2) is 13.2. The van der Waals surface area contributed by atoms with Gasteiger partial charge in [-0.1, -0.05) is 82.5 Å². The fraction of sp³-hybridized carbons (Fsp3) is 0.639. The third-order valence-electron chi connectivity index (χ3n) is 10.9. The van der Waals surface area contributed by atoms with E-state index in [9.17, 15) is 19.5 Å². The Labute approximate surface area is 263 Å². The number of nitrogens with zero attached hydrogens (tertiary/aromatic N) is 3. The highest BCUT2D eigenvalue weighted by molar-refractivity contribution is 5.99. The molecule has 3 heterocycles. The lowest BCUT2D eigenvalue weighted by Crippen LogP contribution is -2.61. The van der Waals surface area contributed by atoms with Crippen molar-refractivity contribution in [2.75, 3.05) is 19.7 Å². The lowest BCUT2D eigenvalue weighted by atomic mass is 9.64. The van der Waals surface area contributed by atoms with Crippen molar-refractivity contribution in [2.45, 2.75) is 108 Å². The molecule has 1 aromatic carbocycles. The SMILES string of the molecule is C=CCN(Cc1ccccc1)C(=O)[C@@H]1[C@H]2C(=O)N([C@@H](CO)C(C)C)C(C(=O)N(CC=C)C3CCCCC3)C23CC[C@@]1(CC)O3.